The highest BCUT2D eigenvalue weighted by Gasteiger charge is 2.08. The van der Waals surface area contributed by atoms with Crippen molar-refractivity contribution in [3.63, 3.8) is 0 Å². The molecular formula is C17H16O3. The van der Waals surface area contributed by atoms with Gasteiger partial charge in [-0.25, -0.2) is 0 Å². The van der Waals surface area contributed by atoms with Crippen molar-refractivity contribution in [2.75, 3.05) is 6.61 Å². The van der Waals surface area contributed by atoms with Crippen LogP contribution in [0.5, 0.6) is 5.75 Å². The van der Waals surface area contributed by atoms with Gasteiger partial charge < -0.3 is 4.74 Å². The number of benzene rings is 2. The molecule has 20 heavy (non-hydrogen) atoms. The van der Waals surface area contributed by atoms with Crippen LogP contribution in [0.15, 0.2) is 54.6 Å². The molecule has 3 heteroatoms. The molecule has 2 rings (SSSR count). The zero-order valence-corrected chi connectivity index (χ0v) is 11.3. The Morgan fingerprint density at radius 1 is 0.900 bits per heavy atom. The monoisotopic (exact) mass is 268 g/mol. The SMILES string of the molecule is CC(=O)CCOc1ccc(C(=O)c2ccccc2)cc1. The van der Waals surface area contributed by atoms with Crippen molar-refractivity contribution in [1.29, 1.82) is 0 Å². The van der Waals surface area contributed by atoms with E-state index in [1.807, 2.05) is 18.2 Å². The molecule has 3 nitrogen and oxygen atoms in total. The van der Waals surface area contributed by atoms with Crippen LogP contribution in [0.2, 0.25) is 0 Å². The number of carbonyl (C=O) groups is 2. The Morgan fingerprint density at radius 2 is 1.50 bits per heavy atom. The second kappa shape index (κ2) is 6.66. The number of ketones is 2. The molecule has 0 spiro atoms. The van der Waals surface area contributed by atoms with Gasteiger partial charge in [0.15, 0.2) is 5.78 Å². The number of hydrogen-bond acceptors (Lipinski definition) is 3. The molecule has 0 bridgehead atoms. The molecule has 0 unspecified atom stereocenters. The quantitative estimate of drug-likeness (QED) is 0.755. The average Bonchev–Trinajstić information content (AvgIpc) is 2.48. The highest BCUT2D eigenvalue weighted by molar-refractivity contribution is 6.08. The van der Waals surface area contributed by atoms with Crippen LogP contribution in [0.25, 0.3) is 0 Å². The van der Waals surface area contributed by atoms with Gasteiger partial charge in [-0.3, -0.25) is 9.59 Å². The summed E-state index contributed by atoms with van der Waals surface area (Å²) in [5.74, 6) is 0.748. The molecule has 0 aromatic heterocycles. The van der Waals surface area contributed by atoms with Gasteiger partial charge in [0.1, 0.15) is 11.5 Å². The molecule has 0 radical (unpaired) electrons. The first-order valence-corrected chi connectivity index (χ1v) is 6.49. The van der Waals surface area contributed by atoms with Crippen molar-refractivity contribution < 1.29 is 14.3 Å². The summed E-state index contributed by atoms with van der Waals surface area (Å²) in [4.78, 5) is 23.0. The molecular weight excluding hydrogens is 252 g/mol. The highest BCUT2D eigenvalue weighted by Crippen LogP contribution is 2.15. The van der Waals surface area contributed by atoms with Gasteiger partial charge in [0.05, 0.1) is 6.61 Å². The lowest BCUT2D eigenvalue weighted by molar-refractivity contribution is -0.117. The van der Waals surface area contributed by atoms with Gasteiger partial charge >= 0.3 is 0 Å². The van der Waals surface area contributed by atoms with Crippen molar-refractivity contribution in [1.82, 2.24) is 0 Å². The summed E-state index contributed by atoms with van der Waals surface area (Å²) in [6.07, 6.45) is 0.394. The first-order chi connectivity index (χ1) is 9.66. The largest absolute Gasteiger partial charge is 0.493 e. The maximum Gasteiger partial charge on any atom is 0.193 e. The van der Waals surface area contributed by atoms with E-state index in [1.54, 1.807) is 36.4 Å². The number of rotatable bonds is 6. The van der Waals surface area contributed by atoms with Crippen LogP contribution < -0.4 is 4.74 Å². The number of carbonyl (C=O) groups excluding carboxylic acids is 2. The summed E-state index contributed by atoms with van der Waals surface area (Å²) < 4.78 is 5.43. The van der Waals surface area contributed by atoms with Gasteiger partial charge in [-0.2, -0.15) is 0 Å². The van der Waals surface area contributed by atoms with Crippen molar-refractivity contribution >= 4 is 11.6 Å². The van der Waals surface area contributed by atoms with Crippen molar-refractivity contribution in [3.05, 3.63) is 65.7 Å². The molecule has 0 aliphatic carbocycles. The first kappa shape index (κ1) is 14.0. The van der Waals surface area contributed by atoms with Crippen LogP contribution in [0.1, 0.15) is 29.3 Å². The summed E-state index contributed by atoms with van der Waals surface area (Å²) in [6.45, 7) is 1.90. The summed E-state index contributed by atoms with van der Waals surface area (Å²) in [7, 11) is 0. The van der Waals surface area contributed by atoms with Crippen LogP contribution >= 0.6 is 0 Å². The Hall–Kier alpha value is -2.42. The van der Waals surface area contributed by atoms with Crippen LogP contribution in [0.3, 0.4) is 0 Å². The molecule has 2 aromatic carbocycles. The molecule has 0 N–H and O–H groups in total. The van der Waals surface area contributed by atoms with E-state index >= 15 is 0 Å². The zero-order valence-electron chi connectivity index (χ0n) is 11.3. The predicted octanol–water partition coefficient (Wildman–Crippen LogP) is 3.28. The van der Waals surface area contributed by atoms with E-state index in [-0.39, 0.29) is 11.6 Å². The fraction of sp³-hybridized carbons (Fsp3) is 0.176. The molecule has 0 atom stereocenters. The van der Waals surface area contributed by atoms with E-state index in [4.69, 9.17) is 4.74 Å². The van der Waals surface area contributed by atoms with E-state index in [2.05, 4.69) is 0 Å². The van der Waals surface area contributed by atoms with Crippen LogP contribution in [-0.2, 0) is 4.79 Å². The molecule has 102 valence electrons. The smallest absolute Gasteiger partial charge is 0.193 e. The summed E-state index contributed by atoms with van der Waals surface area (Å²) in [5.41, 5.74) is 1.29. The normalized spacial score (nSPS) is 10.1. The lowest BCUT2D eigenvalue weighted by atomic mass is 10.0. The third-order valence-electron chi connectivity index (χ3n) is 2.88. The van der Waals surface area contributed by atoms with Crippen molar-refractivity contribution in [2.24, 2.45) is 0 Å². The summed E-state index contributed by atoms with van der Waals surface area (Å²) in [6, 6.07) is 16.1. The van der Waals surface area contributed by atoms with Gasteiger partial charge in [0, 0.05) is 17.5 Å². The topological polar surface area (TPSA) is 43.4 Å². The van der Waals surface area contributed by atoms with Crippen LogP contribution in [0, 0.1) is 0 Å². The van der Waals surface area contributed by atoms with Gasteiger partial charge in [0.2, 0.25) is 0 Å². The van der Waals surface area contributed by atoms with Crippen molar-refractivity contribution in [3.8, 4) is 5.75 Å². The second-order valence-electron chi connectivity index (χ2n) is 4.52. The van der Waals surface area contributed by atoms with Gasteiger partial charge in [-0.05, 0) is 31.2 Å². The first-order valence-electron chi connectivity index (χ1n) is 6.49. The Labute approximate surface area is 118 Å². The van der Waals surface area contributed by atoms with Gasteiger partial charge in [0.25, 0.3) is 0 Å². The Kier molecular flexibility index (Phi) is 4.66. The minimum atomic E-state index is -0.0131. The van der Waals surface area contributed by atoms with E-state index in [0.717, 1.165) is 0 Å². The highest BCUT2D eigenvalue weighted by atomic mass is 16.5. The van der Waals surface area contributed by atoms with Crippen LogP contribution in [-0.4, -0.2) is 18.2 Å². The van der Waals surface area contributed by atoms with Gasteiger partial charge in [-0.15, -0.1) is 0 Å². The third-order valence-corrected chi connectivity index (χ3v) is 2.88. The second-order valence-corrected chi connectivity index (χ2v) is 4.52. The van der Waals surface area contributed by atoms with E-state index in [9.17, 15) is 9.59 Å². The fourth-order valence-corrected chi connectivity index (χ4v) is 1.77. The summed E-state index contributed by atoms with van der Waals surface area (Å²) in [5, 5.41) is 0. The van der Waals surface area contributed by atoms with Gasteiger partial charge in [-0.1, -0.05) is 30.3 Å². The molecule has 0 aliphatic rings. The predicted molar refractivity (Wildman–Crippen MR) is 77.1 cm³/mol. The number of hydrogen-bond donors (Lipinski definition) is 0. The summed E-state index contributed by atoms with van der Waals surface area (Å²) >= 11 is 0. The third kappa shape index (κ3) is 3.79. The van der Waals surface area contributed by atoms with Crippen molar-refractivity contribution in [2.45, 2.75) is 13.3 Å². The molecule has 0 saturated heterocycles. The zero-order chi connectivity index (χ0) is 14.4. The minimum Gasteiger partial charge on any atom is -0.493 e. The number of ether oxygens (including phenoxy) is 1. The molecule has 0 aliphatic heterocycles. The van der Waals surface area contributed by atoms with E-state index in [0.29, 0.717) is 29.9 Å². The Bertz CT molecular complexity index is 585. The average molecular weight is 268 g/mol. The Balaban J connectivity index is 2.01. The Morgan fingerprint density at radius 3 is 2.10 bits per heavy atom. The molecule has 0 saturated carbocycles. The number of Topliss-reactive ketones (excluding diaryl/α,β-unsaturated/α-hetero) is 1. The standard InChI is InChI=1S/C17H16O3/c1-13(18)11-12-20-16-9-7-15(8-10-16)17(19)14-5-3-2-4-6-14/h2-10H,11-12H2,1H3. The van der Waals surface area contributed by atoms with E-state index < -0.39 is 0 Å². The van der Waals surface area contributed by atoms with Crippen LogP contribution in [0.4, 0.5) is 0 Å². The fourth-order valence-electron chi connectivity index (χ4n) is 1.77. The molecule has 0 amide bonds. The lowest BCUT2D eigenvalue weighted by Crippen LogP contribution is -2.04. The minimum absolute atomic E-state index is 0.0131. The maximum atomic E-state index is 12.2. The maximum absolute atomic E-state index is 12.2. The molecule has 0 heterocycles. The molecule has 2 aromatic rings. The molecule has 0 fully saturated rings. The van der Waals surface area contributed by atoms with E-state index in [1.165, 1.54) is 6.92 Å². The lowest BCUT2D eigenvalue weighted by Gasteiger charge is -2.06.